The third-order valence-electron chi connectivity index (χ3n) is 3.81. The molecule has 0 aliphatic heterocycles. The second-order valence-electron chi connectivity index (χ2n) is 5.24. The predicted molar refractivity (Wildman–Crippen MR) is 85.2 cm³/mol. The Hall–Kier alpha value is -1.12. The van der Waals surface area contributed by atoms with Crippen LogP contribution in [0.15, 0.2) is 53.0 Å². The van der Waals surface area contributed by atoms with Gasteiger partial charge in [-0.3, -0.25) is 4.79 Å². The van der Waals surface area contributed by atoms with Crippen molar-refractivity contribution in [2.75, 3.05) is 0 Å². The van der Waals surface area contributed by atoms with Crippen LogP contribution >= 0.6 is 27.5 Å². The molecular weight excluding hydrogens is 336 g/mol. The number of halogens is 2. The summed E-state index contributed by atoms with van der Waals surface area (Å²) in [5, 5.41) is 0.657. The van der Waals surface area contributed by atoms with Gasteiger partial charge < -0.3 is 0 Å². The van der Waals surface area contributed by atoms with Crippen LogP contribution in [0.4, 0.5) is 0 Å². The Bertz CT molecular complexity index is 639. The summed E-state index contributed by atoms with van der Waals surface area (Å²) in [4.78, 5) is 12.3. The molecule has 1 saturated carbocycles. The molecule has 0 N–H and O–H groups in total. The van der Waals surface area contributed by atoms with Gasteiger partial charge in [-0.2, -0.15) is 0 Å². The van der Waals surface area contributed by atoms with E-state index in [-0.39, 0.29) is 5.92 Å². The lowest BCUT2D eigenvalue weighted by molar-refractivity contribution is -0.119. The molecule has 0 radical (unpaired) electrons. The maximum absolute atomic E-state index is 12.3. The lowest BCUT2D eigenvalue weighted by atomic mass is 10.0. The van der Waals surface area contributed by atoms with Gasteiger partial charge in [-0.05, 0) is 35.6 Å². The van der Waals surface area contributed by atoms with Crippen molar-refractivity contribution in [3.8, 4) is 0 Å². The molecule has 1 nitrogen and oxygen atoms in total. The highest BCUT2D eigenvalue weighted by Gasteiger charge is 2.43. The third-order valence-corrected chi connectivity index (χ3v) is 4.66. The zero-order valence-electron chi connectivity index (χ0n) is 10.9. The van der Waals surface area contributed by atoms with Gasteiger partial charge in [-0.15, -0.1) is 0 Å². The molecule has 20 heavy (non-hydrogen) atoms. The zero-order chi connectivity index (χ0) is 14.1. The zero-order valence-corrected chi connectivity index (χ0v) is 13.2. The smallest absolute Gasteiger partial charge is 0.141 e. The largest absolute Gasteiger partial charge is 0.299 e. The normalized spacial score (nSPS) is 20.7. The summed E-state index contributed by atoms with van der Waals surface area (Å²) in [5.74, 6) is 0.859. The van der Waals surface area contributed by atoms with Crippen LogP contribution in [0, 0.1) is 5.92 Å². The Morgan fingerprint density at radius 2 is 1.95 bits per heavy atom. The van der Waals surface area contributed by atoms with Gasteiger partial charge in [0.25, 0.3) is 0 Å². The first kappa shape index (κ1) is 13.8. The fourth-order valence-corrected chi connectivity index (χ4v) is 3.34. The number of hydrogen-bond donors (Lipinski definition) is 0. The maximum atomic E-state index is 12.3. The molecule has 1 aliphatic carbocycles. The van der Waals surface area contributed by atoms with Gasteiger partial charge in [0.05, 0.1) is 0 Å². The van der Waals surface area contributed by atoms with Gasteiger partial charge in [0.1, 0.15) is 5.78 Å². The summed E-state index contributed by atoms with van der Waals surface area (Å²) >= 11 is 9.54. The molecule has 0 heterocycles. The SMILES string of the molecule is O=C(Cc1ccc(Br)cc1Cl)C1CC1c1ccccc1. The molecular formula is C17H14BrClO. The molecule has 0 saturated heterocycles. The van der Waals surface area contributed by atoms with Crippen molar-refractivity contribution in [2.45, 2.75) is 18.8 Å². The summed E-state index contributed by atoms with van der Waals surface area (Å²) in [6.45, 7) is 0. The molecule has 0 aromatic heterocycles. The Balaban J connectivity index is 1.67. The average molecular weight is 350 g/mol. The topological polar surface area (TPSA) is 17.1 Å². The van der Waals surface area contributed by atoms with Gasteiger partial charge in [-0.25, -0.2) is 0 Å². The molecule has 102 valence electrons. The monoisotopic (exact) mass is 348 g/mol. The highest BCUT2D eigenvalue weighted by Crippen LogP contribution is 2.48. The molecule has 0 bridgehead atoms. The van der Waals surface area contributed by atoms with E-state index < -0.39 is 0 Å². The summed E-state index contributed by atoms with van der Waals surface area (Å²) < 4.78 is 0.937. The Morgan fingerprint density at radius 1 is 1.20 bits per heavy atom. The summed E-state index contributed by atoms with van der Waals surface area (Å²) in [6, 6.07) is 16.0. The van der Waals surface area contributed by atoms with Gasteiger partial charge in [-0.1, -0.05) is 63.9 Å². The predicted octanol–water partition coefficient (Wildman–Crippen LogP) is 5.02. The summed E-state index contributed by atoms with van der Waals surface area (Å²) in [5.41, 5.74) is 2.19. The van der Waals surface area contributed by atoms with Crippen molar-refractivity contribution in [1.82, 2.24) is 0 Å². The van der Waals surface area contributed by atoms with E-state index in [2.05, 4.69) is 28.1 Å². The molecule has 2 atom stereocenters. The second kappa shape index (κ2) is 5.71. The number of benzene rings is 2. The molecule has 2 aromatic carbocycles. The van der Waals surface area contributed by atoms with Crippen LogP contribution in [0.3, 0.4) is 0 Å². The number of hydrogen-bond acceptors (Lipinski definition) is 1. The number of Topliss-reactive ketones (excluding diaryl/α,β-unsaturated/α-hetero) is 1. The van der Waals surface area contributed by atoms with Crippen molar-refractivity contribution in [1.29, 1.82) is 0 Å². The molecule has 3 heteroatoms. The van der Waals surface area contributed by atoms with Gasteiger partial charge in [0, 0.05) is 21.8 Å². The fourth-order valence-electron chi connectivity index (χ4n) is 2.60. The third kappa shape index (κ3) is 2.97. The Labute approximate surface area is 132 Å². The van der Waals surface area contributed by atoms with Crippen LogP contribution in [0.1, 0.15) is 23.5 Å². The lowest BCUT2D eigenvalue weighted by Gasteiger charge is -2.04. The molecule has 3 rings (SSSR count). The number of rotatable bonds is 4. The standard InChI is InChI=1S/C17H14BrClO/c18-13-7-6-12(16(19)9-13)8-17(20)15-10-14(15)11-4-2-1-3-5-11/h1-7,9,14-15H,8,10H2. The van der Waals surface area contributed by atoms with Crippen molar-refractivity contribution in [3.63, 3.8) is 0 Å². The van der Waals surface area contributed by atoms with Crippen molar-refractivity contribution in [2.24, 2.45) is 5.92 Å². The maximum Gasteiger partial charge on any atom is 0.141 e. The van der Waals surface area contributed by atoms with E-state index >= 15 is 0 Å². The molecule has 2 aromatic rings. The van der Waals surface area contributed by atoms with Crippen LogP contribution in [-0.4, -0.2) is 5.78 Å². The first-order chi connectivity index (χ1) is 9.65. The number of carbonyl (C=O) groups is 1. The van der Waals surface area contributed by atoms with Crippen molar-refractivity contribution in [3.05, 3.63) is 69.2 Å². The lowest BCUT2D eigenvalue weighted by Crippen LogP contribution is -2.06. The minimum Gasteiger partial charge on any atom is -0.299 e. The number of ketones is 1. The van der Waals surface area contributed by atoms with Crippen molar-refractivity contribution >= 4 is 33.3 Å². The number of carbonyl (C=O) groups excluding carboxylic acids is 1. The van der Waals surface area contributed by atoms with E-state index in [1.807, 2.05) is 36.4 Å². The minimum absolute atomic E-state index is 0.164. The molecule has 0 spiro atoms. The minimum atomic E-state index is 0.164. The van der Waals surface area contributed by atoms with E-state index in [4.69, 9.17) is 11.6 Å². The first-order valence-electron chi connectivity index (χ1n) is 6.67. The van der Waals surface area contributed by atoms with Crippen LogP contribution in [-0.2, 0) is 11.2 Å². The van der Waals surface area contributed by atoms with Crippen LogP contribution in [0.25, 0.3) is 0 Å². The van der Waals surface area contributed by atoms with Gasteiger partial charge >= 0.3 is 0 Å². The van der Waals surface area contributed by atoms with E-state index in [0.29, 0.717) is 23.1 Å². The Kier molecular flexibility index (Phi) is 3.95. The molecule has 0 amide bonds. The Morgan fingerprint density at radius 3 is 2.65 bits per heavy atom. The highest BCUT2D eigenvalue weighted by molar-refractivity contribution is 9.10. The van der Waals surface area contributed by atoms with Crippen molar-refractivity contribution < 1.29 is 4.79 Å². The second-order valence-corrected chi connectivity index (χ2v) is 6.56. The highest BCUT2D eigenvalue weighted by atomic mass is 79.9. The van der Waals surface area contributed by atoms with E-state index in [1.54, 1.807) is 0 Å². The average Bonchev–Trinajstić information content (AvgIpc) is 3.23. The van der Waals surface area contributed by atoms with Crippen LogP contribution < -0.4 is 0 Å². The first-order valence-corrected chi connectivity index (χ1v) is 7.84. The van der Waals surface area contributed by atoms with Crippen LogP contribution in [0.5, 0.6) is 0 Å². The molecule has 1 fully saturated rings. The van der Waals surface area contributed by atoms with Gasteiger partial charge in [0.15, 0.2) is 0 Å². The van der Waals surface area contributed by atoms with E-state index in [9.17, 15) is 4.79 Å². The van der Waals surface area contributed by atoms with E-state index in [0.717, 1.165) is 16.5 Å². The molecule has 1 aliphatic rings. The summed E-state index contributed by atoms with van der Waals surface area (Å²) in [6.07, 6.45) is 1.40. The van der Waals surface area contributed by atoms with Crippen LogP contribution in [0.2, 0.25) is 5.02 Å². The summed E-state index contributed by atoms with van der Waals surface area (Å²) in [7, 11) is 0. The fraction of sp³-hybridized carbons (Fsp3) is 0.235. The van der Waals surface area contributed by atoms with E-state index in [1.165, 1.54) is 5.56 Å². The quantitative estimate of drug-likeness (QED) is 0.757. The van der Waals surface area contributed by atoms with Gasteiger partial charge in [0.2, 0.25) is 0 Å². The molecule has 2 unspecified atom stereocenters.